The number of ether oxygens (including phenoxy) is 3. The molecule has 0 atom stereocenters. The average molecular weight is 404 g/mol. The van der Waals surface area contributed by atoms with Crippen LogP contribution in [0.4, 0.5) is 13.2 Å². The summed E-state index contributed by atoms with van der Waals surface area (Å²) in [6.45, 7) is 4.46. The Morgan fingerprint density at radius 1 is 1.11 bits per heavy atom. The SMILES string of the molecule is CCCCCOc1cc(C)c(-c2ccc(OC(F)(F)F)cc2OC)nc1Cl. The van der Waals surface area contributed by atoms with Crippen LogP contribution in [0.25, 0.3) is 11.3 Å². The molecule has 0 fully saturated rings. The highest BCUT2D eigenvalue weighted by Gasteiger charge is 2.31. The highest BCUT2D eigenvalue weighted by molar-refractivity contribution is 6.31. The van der Waals surface area contributed by atoms with E-state index in [1.165, 1.54) is 19.2 Å². The lowest BCUT2D eigenvalue weighted by Gasteiger charge is -2.15. The van der Waals surface area contributed by atoms with Crippen LogP contribution in [0.3, 0.4) is 0 Å². The molecule has 1 aromatic heterocycles. The van der Waals surface area contributed by atoms with Gasteiger partial charge in [-0.3, -0.25) is 0 Å². The van der Waals surface area contributed by atoms with E-state index in [1.807, 2.05) is 6.92 Å². The first kappa shape index (κ1) is 21.2. The minimum absolute atomic E-state index is 0.185. The molecule has 0 bridgehead atoms. The molecule has 8 heteroatoms. The highest BCUT2D eigenvalue weighted by atomic mass is 35.5. The molecule has 1 aromatic carbocycles. The van der Waals surface area contributed by atoms with Crippen molar-refractivity contribution in [2.45, 2.75) is 39.5 Å². The molecule has 0 aliphatic carbocycles. The Morgan fingerprint density at radius 3 is 2.48 bits per heavy atom. The Bertz CT molecular complexity index is 782. The summed E-state index contributed by atoms with van der Waals surface area (Å²) >= 11 is 6.23. The van der Waals surface area contributed by atoms with Gasteiger partial charge in [-0.15, -0.1) is 13.2 Å². The highest BCUT2D eigenvalue weighted by Crippen LogP contribution is 2.38. The van der Waals surface area contributed by atoms with E-state index in [4.69, 9.17) is 21.1 Å². The zero-order valence-electron chi connectivity index (χ0n) is 15.3. The average Bonchev–Trinajstić information content (AvgIpc) is 2.60. The van der Waals surface area contributed by atoms with E-state index in [-0.39, 0.29) is 16.7 Å². The molecule has 0 unspecified atom stereocenters. The quantitative estimate of drug-likeness (QED) is 0.389. The van der Waals surface area contributed by atoms with E-state index in [1.54, 1.807) is 6.07 Å². The molecule has 1 heterocycles. The smallest absolute Gasteiger partial charge is 0.496 e. The number of methoxy groups -OCH3 is 1. The summed E-state index contributed by atoms with van der Waals surface area (Å²) in [5.41, 5.74) is 1.76. The molecule has 148 valence electrons. The molecule has 0 aliphatic rings. The van der Waals surface area contributed by atoms with Gasteiger partial charge in [-0.2, -0.15) is 0 Å². The second-order valence-electron chi connectivity index (χ2n) is 5.91. The molecule has 0 amide bonds. The van der Waals surface area contributed by atoms with Gasteiger partial charge in [-0.25, -0.2) is 4.98 Å². The predicted octanol–water partition coefficient (Wildman–Crippen LogP) is 6.19. The second kappa shape index (κ2) is 9.17. The van der Waals surface area contributed by atoms with Gasteiger partial charge < -0.3 is 14.2 Å². The van der Waals surface area contributed by atoms with Crippen molar-refractivity contribution in [1.82, 2.24) is 4.98 Å². The number of aromatic nitrogens is 1. The standard InChI is InChI=1S/C19H21ClF3NO3/c1-4-5-6-9-26-16-10-12(2)17(24-18(16)20)14-8-7-13(11-15(14)25-3)27-19(21,22)23/h7-8,10-11H,4-6,9H2,1-3H3. The number of pyridine rings is 1. The number of benzene rings is 1. The molecule has 0 saturated carbocycles. The van der Waals surface area contributed by atoms with Gasteiger partial charge in [0.25, 0.3) is 0 Å². The maximum absolute atomic E-state index is 12.4. The summed E-state index contributed by atoms with van der Waals surface area (Å²) in [6.07, 6.45) is -1.71. The van der Waals surface area contributed by atoms with Crippen LogP contribution in [0.5, 0.6) is 17.2 Å². The van der Waals surface area contributed by atoms with Crippen LogP contribution in [-0.2, 0) is 0 Å². The van der Waals surface area contributed by atoms with Crippen molar-refractivity contribution in [3.8, 4) is 28.5 Å². The van der Waals surface area contributed by atoms with Gasteiger partial charge >= 0.3 is 6.36 Å². The van der Waals surface area contributed by atoms with Gasteiger partial charge in [-0.05, 0) is 37.1 Å². The number of hydrogen-bond acceptors (Lipinski definition) is 4. The third-order valence-electron chi connectivity index (χ3n) is 3.80. The summed E-state index contributed by atoms with van der Waals surface area (Å²) in [7, 11) is 1.36. The minimum Gasteiger partial charge on any atom is -0.496 e. The van der Waals surface area contributed by atoms with Crippen molar-refractivity contribution >= 4 is 11.6 Å². The van der Waals surface area contributed by atoms with Gasteiger partial charge in [0.2, 0.25) is 0 Å². The fraction of sp³-hybridized carbons (Fsp3) is 0.421. The fourth-order valence-corrected chi connectivity index (χ4v) is 2.73. The summed E-state index contributed by atoms with van der Waals surface area (Å²) in [5.74, 6) is 0.299. The molecule has 27 heavy (non-hydrogen) atoms. The topological polar surface area (TPSA) is 40.6 Å². The van der Waals surface area contributed by atoms with E-state index in [9.17, 15) is 13.2 Å². The molecule has 4 nitrogen and oxygen atoms in total. The third kappa shape index (κ3) is 5.92. The lowest BCUT2D eigenvalue weighted by molar-refractivity contribution is -0.274. The molecule has 2 aromatic rings. The first-order valence-electron chi connectivity index (χ1n) is 8.49. The van der Waals surface area contributed by atoms with Gasteiger partial charge in [0.05, 0.1) is 19.4 Å². The second-order valence-corrected chi connectivity index (χ2v) is 6.27. The molecular formula is C19H21ClF3NO3. The van der Waals surface area contributed by atoms with Crippen LogP contribution in [0, 0.1) is 6.92 Å². The summed E-state index contributed by atoms with van der Waals surface area (Å²) in [5, 5.41) is 0.185. The first-order valence-corrected chi connectivity index (χ1v) is 8.87. The van der Waals surface area contributed by atoms with Crippen molar-refractivity contribution in [3.63, 3.8) is 0 Å². The number of rotatable bonds is 8. The van der Waals surface area contributed by atoms with Gasteiger partial charge in [0.15, 0.2) is 10.9 Å². The first-order chi connectivity index (χ1) is 12.7. The Morgan fingerprint density at radius 2 is 1.85 bits per heavy atom. The van der Waals surface area contributed by atoms with E-state index < -0.39 is 6.36 Å². The van der Waals surface area contributed by atoms with Crippen molar-refractivity contribution < 1.29 is 27.4 Å². The van der Waals surface area contributed by atoms with Crippen molar-refractivity contribution in [2.75, 3.05) is 13.7 Å². The molecular weight excluding hydrogens is 383 g/mol. The van der Waals surface area contributed by atoms with Gasteiger partial charge in [-0.1, -0.05) is 31.4 Å². The molecule has 0 N–H and O–H groups in total. The Kier molecular flexibility index (Phi) is 7.18. The number of alkyl halides is 3. The fourth-order valence-electron chi connectivity index (χ4n) is 2.54. The number of unbranched alkanes of at least 4 members (excludes halogenated alkanes) is 2. The minimum atomic E-state index is -4.78. The van der Waals surface area contributed by atoms with Crippen LogP contribution >= 0.6 is 11.6 Å². The molecule has 0 aliphatic heterocycles. The zero-order chi connectivity index (χ0) is 20.0. The van der Waals surface area contributed by atoms with Crippen LogP contribution in [0.1, 0.15) is 31.7 Å². The van der Waals surface area contributed by atoms with Crippen molar-refractivity contribution in [1.29, 1.82) is 0 Å². The summed E-state index contributed by atoms with van der Waals surface area (Å²) in [6, 6.07) is 5.58. The maximum Gasteiger partial charge on any atom is 0.573 e. The molecule has 0 radical (unpaired) electrons. The molecule has 0 spiro atoms. The molecule has 0 saturated heterocycles. The third-order valence-corrected chi connectivity index (χ3v) is 4.07. The van der Waals surface area contributed by atoms with Crippen LogP contribution in [0.2, 0.25) is 5.15 Å². The van der Waals surface area contributed by atoms with E-state index in [2.05, 4.69) is 16.6 Å². The summed E-state index contributed by atoms with van der Waals surface area (Å²) < 4.78 is 52.0. The summed E-state index contributed by atoms with van der Waals surface area (Å²) in [4.78, 5) is 4.35. The number of hydrogen-bond donors (Lipinski definition) is 0. The normalized spacial score (nSPS) is 11.4. The van der Waals surface area contributed by atoms with Crippen molar-refractivity contribution in [2.24, 2.45) is 0 Å². The van der Waals surface area contributed by atoms with Crippen LogP contribution < -0.4 is 14.2 Å². The van der Waals surface area contributed by atoms with Gasteiger partial charge in [0, 0.05) is 11.6 Å². The van der Waals surface area contributed by atoms with E-state index in [0.717, 1.165) is 30.9 Å². The van der Waals surface area contributed by atoms with Crippen molar-refractivity contribution in [3.05, 3.63) is 35.0 Å². The van der Waals surface area contributed by atoms with Gasteiger partial charge in [0.1, 0.15) is 11.5 Å². The zero-order valence-corrected chi connectivity index (χ0v) is 16.1. The predicted molar refractivity (Wildman–Crippen MR) is 97.7 cm³/mol. The maximum atomic E-state index is 12.4. The monoisotopic (exact) mass is 403 g/mol. The Labute approximate surface area is 161 Å². The number of halogens is 4. The lowest BCUT2D eigenvalue weighted by Crippen LogP contribution is -2.17. The van der Waals surface area contributed by atoms with E-state index >= 15 is 0 Å². The number of nitrogens with zero attached hydrogens (tertiary/aromatic N) is 1. The Hall–Kier alpha value is -2.15. The Balaban J connectivity index is 2.30. The number of aryl methyl sites for hydroxylation is 1. The van der Waals surface area contributed by atoms with E-state index in [0.29, 0.717) is 23.6 Å². The lowest BCUT2D eigenvalue weighted by atomic mass is 10.1. The van der Waals surface area contributed by atoms with Crippen LogP contribution in [-0.4, -0.2) is 25.1 Å². The van der Waals surface area contributed by atoms with Crippen LogP contribution in [0.15, 0.2) is 24.3 Å². The molecule has 2 rings (SSSR count). The largest absolute Gasteiger partial charge is 0.573 e.